The Bertz CT molecular complexity index is 488. The first-order valence-electron chi connectivity index (χ1n) is 7.28. The van der Waals surface area contributed by atoms with E-state index >= 15 is 0 Å². The van der Waals surface area contributed by atoms with Gasteiger partial charge in [-0.15, -0.1) is 0 Å². The molecule has 0 unspecified atom stereocenters. The first-order valence-corrected chi connectivity index (χ1v) is 7.28. The maximum Gasteiger partial charge on any atom is 0.242 e. The number of hydrogen-bond acceptors (Lipinski definition) is 6. The van der Waals surface area contributed by atoms with Crippen LogP contribution in [0.1, 0.15) is 12.6 Å². The van der Waals surface area contributed by atoms with Gasteiger partial charge in [-0.1, -0.05) is 0 Å². The number of amides is 1. The van der Waals surface area contributed by atoms with E-state index in [0.29, 0.717) is 18.4 Å². The van der Waals surface area contributed by atoms with Crippen LogP contribution >= 0.6 is 0 Å². The monoisotopic (exact) mass is 293 g/mol. The number of nitrogens with zero attached hydrogens (tertiary/aromatic N) is 4. The molecule has 21 heavy (non-hydrogen) atoms. The second-order valence-corrected chi connectivity index (χ2v) is 5.07. The molecule has 0 bridgehead atoms. The Morgan fingerprint density at radius 1 is 1.43 bits per heavy atom. The third kappa shape index (κ3) is 4.29. The summed E-state index contributed by atoms with van der Waals surface area (Å²) in [7, 11) is 1.82. The van der Waals surface area contributed by atoms with Gasteiger partial charge in [0.2, 0.25) is 17.7 Å². The number of ether oxygens (including phenoxy) is 1. The Morgan fingerprint density at radius 3 is 2.81 bits per heavy atom. The molecule has 0 radical (unpaired) electrons. The summed E-state index contributed by atoms with van der Waals surface area (Å²) in [6.45, 7) is 7.84. The lowest BCUT2D eigenvalue weighted by Crippen LogP contribution is -2.49. The molecule has 7 heteroatoms. The van der Waals surface area contributed by atoms with E-state index in [-0.39, 0.29) is 12.5 Å². The SMILES string of the molecule is CCOc1cc(C)nc(N(C)CC(=O)N2CCNCC2)n1. The summed E-state index contributed by atoms with van der Waals surface area (Å²) in [6.07, 6.45) is 0. The van der Waals surface area contributed by atoms with Gasteiger partial charge in [0.15, 0.2) is 0 Å². The maximum atomic E-state index is 12.2. The average Bonchev–Trinajstić information content (AvgIpc) is 2.48. The van der Waals surface area contributed by atoms with Crippen molar-refractivity contribution in [2.45, 2.75) is 13.8 Å². The summed E-state index contributed by atoms with van der Waals surface area (Å²) in [5, 5.41) is 3.23. The van der Waals surface area contributed by atoms with Crippen molar-refractivity contribution < 1.29 is 9.53 Å². The normalized spacial score (nSPS) is 14.9. The number of nitrogens with one attached hydrogen (secondary N) is 1. The van der Waals surface area contributed by atoms with Crippen LogP contribution in [0.5, 0.6) is 5.88 Å². The summed E-state index contributed by atoms with van der Waals surface area (Å²) in [4.78, 5) is 24.6. The van der Waals surface area contributed by atoms with Gasteiger partial charge in [0, 0.05) is 45.0 Å². The summed E-state index contributed by atoms with van der Waals surface area (Å²) < 4.78 is 5.42. The van der Waals surface area contributed by atoms with Crippen LogP contribution in [-0.4, -0.2) is 67.2 Å². The van der Waals surface area contributed by atoms with E-state index in [1.54, 1.807) is 11.0 Å². The van der Waals surface area contributed by atoms with Gasteiger partial charge in [0.1, 0.15) is 0 Å². The minimum Gasteiger partial charge on any atom is -0.478 e. The molecule has 1 N–H and O–H groups in total. The molecule has 7 nitrogen and oxygen atoms in total. The highest BCUT2D eigenvalue weighted by molar-refractivity contribution is 5.81. The molecule has 1 saturated heterocycles. The van der Waals surface area contributed by atoms with Gasteiger partial charge >= 0.3 is 0 Å². The number of aromatic nitrogens is 2. The topological polar surface area (TPSA) is 70.6 Å². The van der Waals surface area contributed by atoms with Gasteiger partial charge in [0.25, 0.3) is 0 Å². The number of carbonyl (C=O) groups excluding carboxylic acids is 1. The zero-order valence-corrected chi connectivity index (χ0v) is 12.9. The van der Waals surface area contributed by atoms with Gasteiger partial charge < -0.3 is 19.9 Å². The van der Waals surface area contributed by atoms with Crippen molar-refractivity contribution in [3.8, 4) is 5.88 Å². The lowest BCUT2D eigenvalue weighted by molar-refractivity contribution is -0.130. The Labute approximate surface area is 125 Å². The van der Waals surface area contributed by atoms with E-state index in [4.69, 9.17) is 4.74 Å². The molecule has 1 fully saturated rings. The molecular weight excluding hydrogens is 270 g/mol. The Balaban J connectivity index is 2.01. The fraction of sp³-hybridized carbons (Fsp3) is 0.643. The van der Waals surface area contributed by atoms with E-state index < -0.39 is 0 Å². The van der Waals surface area contributed by atoms with Gasteiger partial charge in [-0.05, 0) is 13.8 Å². The van der Waals surface area contributed by atoms with Crippen molar-refractivity contribution in [1.82, 2.24) is 20.2 Å². The lowest BCUT2D eigenvalue weighted by atomic mass is 10.3. The van der Waals surface area contributed by atoms with Gasteiger partial charge in [0.05, 0.1) is 13.2 Å². The Kier molecular flexibility index (Phi) is 5.32. The predicted octanol–water partition coefficient (Wildman–Crippen LogP) is 0.0517. The van der Waals surface area contributed by atoms with Crippen molar-refractivity contribution in [3.63, 3.8) is 0 Å². The third-order valence-corrected chi connectivity index (χ3v) is 3.29. The number of likely N-dealkylation sites (N-methyl/N-ethyl adjacent to an activating group) is 1. The number of piperazine rings is 1. The molecule has 0 spiro atoms. The van der Waals surface area contributed by atoms with E-state index in [0.717, 1.165) is 31.9 Å². The Morgan fingerprint density at radius 2 is 2.14 bits per heavy atom. The number of anilines is 1. The van der Waals surface area contributed by atoms with E-state index in [9.17, 15) is 4.79 Å². The number of hydrogen-bond donors (Lipinski definition) is 1. The largest absolute Gasteiger partial charge is 0.478 e. The molecule has 1 aromatic heterocycles. The molecule has 0 atom stereocenters. The Hall–Kier alpha value is -1.89. The van der Waals surface area contributed by atoms with Crippen LogP contribution in [0.3, 0.4) is 0 Å². The number of aryl methyl sites for hydroxylation is 1. The standard InChI is InChI=1S/C14H23N5O2/c1-4-21-12-9-11(2)16-14(17-12)18(3)10-13(20)19-7-5-15-6-8-19/h9,15H,4-8,10H2,1-3H3. The minimum absolute atomic E-state index is 0.0991. The molecule has 1 aliphatic heterocycles. The fourth-order valence-electron chi connectivity index (χ4n) is 2.20. The quantitative estimate of drug-likeness (QED) is 0.827. The molecule has 2 heterocycles. The molecule has 2 rings (SSSR count). The number of rotatable bonds is 5. The van der Waals surface area contributed by atoms with E-state index in [1.165, 1.54) is 0 Å². The van der Waals surface area contributed by atoms with E-state index in [2.05, 4.69) is 15.3 Å². The first-order chi connectivity index (χ1) is 10.1. The third-order valence-electron chi connectivity index (χ3n) is 3.29. The average molecular weight is 293 g/mol. The summed E-state index contributed by atoms with van der Waals surface area (Å²) in [6, 6.07) is 1.79. The maximum absolute atomic E-state index is 12.2. The van der Waals surface area contributed by atoms with E-state index in [1.807, 2.05) is 25.8 Å². The number of carbonyl (C=O) groups is 1. The summed E-state index contributed by atoms with van der Waals surface area (Å²) >= 11 is 0. The zero-order valence-electron chi connectivity index (χ0n) is 12.9. The van der Waals surface area contributed by atoms with Crippen LogP contribution in [0.15, 0.2) is 6.07 Å². The molecule has 1 aliphatic rings. The lowest BCUT2D eigenvalue weighted by Gasteiger charge is -2.29. The molecular formula is C14H23N5O2. The molecule has 1 amide bonds. The van der Waals surface area contributed by atoms with Crippen molar-refractivity contribution in [3.05, 3.63) is 11.8 Å². The van der Waals surface area contributed by atoms with Gasteiger partial charge in [-0.2, -0.15) is 4.98 Å². The van der Waals surface area contributed by atoms with Crippen molar-refractivity contribution in [1.29, 1.82) is 0 Å². The van der Waals surface area contributed by atoms with Gasteiger partial charge in [-0.25, -0.2) is 4.98 Å². The summed E-state index contributed by atoms with van der Waals surface area (Å²) in [5.74, 6) is 1.16. The zero-order chi connectivity index (χ0) is 15.2. The van der Waals surface area contributed by atoms with Gasteiger partial charge in [-0.3, -0.25) is 4.79 Å². The van der Waals surface area contributed by atoms with Crippen molar-refractivity contribution >= 4 is 11.9 Å². The molecule has 0 saturated carbocycles. The highest BCUT2D eigenvalue weighted by Crippen LogP contribution is 2.14. The van der Waals surface area contributed by atoms with Crippen LogP contribution in [0.25, 0.3) is 0 Å². The fourth-order valence-corrected chi connectivity index (χ4v) is 2.20. The smallest absolute Gasteiger partial charge is 0.242 e. The van der Waals surface area contributed by atoms with Crippen LogP contribution in [0.2, 0.25) is 0 Å². The van der Waals surface area contributed by atoms with Crippen LogP contribution in [0.4, 0.5) is 5.95 Å². The first kappa shape index (κ1) is 15.5. The van der Waals surface area contributed by atoms with Crippen LogP contribution in [0, 0.1) is 6.92 Å². The molecule has 0 aromatic carbocycles. The van der Waals surface area contributed by atoms with Crippen LogP contribution in [-0.2, 0) is 4.79 Å². The predicted molar refractivity (Wildman–Crippen MR) is 80.7 cm³/mol. The second-order valence-electron chi connectivity index (χ2n) is 5.07. The minimum atomic E-state index is 0.0991. The molecule has 0 aliphatic carbocycles. The van der Waals surface area contributed by atoms with Crippen molar-refractivity contribution in [2.75, 3.05) is 51.3 Å². The second kappa shape index (κ2) is 7.21. The highest BCUT2D eigenvalue weighted by Gasteiger charge is 2.19. The van der Waals surface area contributed by atoms with Crippen LogP contribution < -0.4 is 15.0 Å². The molecule has 116 valence electrons. The highest BCUT2D eigenvalue weighted by atomic mass is 16.5. The van der Waals surface area contributed by atoms with Crippen molar-refractivity contribution in [2.24, 2.45) is 0 Å². The summed E-state index contributed by atoms with van der Waals surface area (Å²) in [5.41, 5.74) is 0.824. The molecule has 1 aromatic rings.